The number of benzene rings is 1. The zero-order valence-corrected chi connectivity index (χ0v) is 21.4. The molecule has 1 amide bonds. The topological polar surface area (TPSA) is 139 Å². The Bertz CT molecular complexity index is 1550. The maximum absolute atomic E-state index is 13.1. The molecule has 3 N–H and O–H groups in total. The lowest BCUT2D eigenvalue weighted by Gasteiger charge is -2.19. The monoisotopic (exact) mass is 519 g/mol. The van der Waals surface area contributed by atoms with Crippen LogP contribution in [-0.4, -0.2) is 49.8 Å². The number of hydrogen-bond acceptors (Lipinski definition) is 10. The van der Waals surface area contributed by atoms with Crippen LogP contribution in [0.5, 0.6) is 17.2 Å². The molecular formula is C25H25N7O4S. The number of nitrogen functional groups attached to an aromatic ring is 1. The van der Waals surface area contributed by atoms with Crippen LogP contribution in [0.15, 0.2) is 29.4 Å². The van der Waals surface area contributed by atoms with Gasteiger partial charge in [0.05, 0.1) is 35.7 Å². The molecule has 11 nitrogen and oxygen atoms in total. The molecule has 12 heteroatoms. The number of nitrogens with one attached hydrogen (secondary N) is 1. The number of aryl methyl sites for hydroxylation is 1. The SMILES string of the molecule is COc1c(C)cnc(Cn2nc3c4c(nc(N)nc42)SC(C(=O)NCc2ccc4c(c2)OCO4)C3)c1C. The Hall–Kier alpha value is -4.06. The predicted molar refractivity (Wildman–Crippen MR) is 137 cm³/mol. The van der Waals surface area contributed by atoms with E-state index in [0.29, 0.717) is 41.7 Å². The number of hydrogen-bond donors (Lipinski definition) is 2. The van der Waals surface area contributed by atoms with Crippen LogP contribution < -0.4 is 25.3 Å². The largest absolute Gasteiger partial charge is 0.496 e. The van der Waals surface area contributed by atoms with Crippen molar-refractivity contribution < 1.29 is 19.0 Å². The maximum Gasteiger partial charge on any atom is 0.234 e. The smallest absolute Gasteiger partial charge is 0.234 e. The fraction of sp³-hybridized carbons (Fsp3) is 0.320. The van der Waals surface area contributed by atoms with Crippen LogP contribution >= 0.6 is 11.8 Å². The third-order valence-electron chi connectivity index (χ3n) is 6.53. The van der Waals surface area contributed by atoms with Gasteiger partial charge in [0.15, 0.2) is 17.1 Å². The van der Waals surface area contributed by atoms with Crippen LogP contribution in [0.1, 0.15) is 28.1 Å². The van der Waals surface area contributed by atoms with Crippen LogP contribution in [0.3, 0.4) is 0 Å². The molecule has 0 radical (unpaired) electrons. The van der Waals surface area contributed by atoms with Crippen molar-refractivity contribution in [3.05, 3.63) is 52.5 Å². The molecule has 2 aliphatic heterocycles. The van der Waals surface area contributed by atoms with Crippen molar-refractivity contribution >= 4 is 34.7 Å². The lowest BCUT2D eigenvalue weighted by molar-refractivity contribution is -0.120. The second-order valence-electron chi connectivity index (χ2n) is 8.95. The van der Waals surface area contributed by atoms with Crippen molar-refractivity contribution in [2.24, 2.45) is 0 Å². The van der Waals surface area contributed by atoms with Crippen LogP contribution in [0.4, 0.5) is 5.95 Å². The van der Waals surface area contributed by atoms with E-state index in [1.165, 1.54) is 11.8 Å². The molecule has 190 valence electrons. The fourth-order valence-corrected chi connectivity index (χ4v) is 5.86. The Balaban J connectivity index is 1.24. The molecule has 3 aromatic heterocycles. The number of aromatic nitrogens is 5. The van der Waals surface area contributed by atoms with E-state index in [1.54, 1.807) is 18.0 Å². The van der Waals surface area contributed by atoms with Crippen LogP contribution in [0.2, 0.25) is 0 Å². The number of nitrogens with two attached hydrogens (primary N) is 1. The van der Waals surface area contributed by atoms with Crippen molar-refractivity contribution in [1.82, 2.24) is 30.0 Å². The van der Waals surface area contributed by atoms with Gasteiger partial charge in [0.2, 0.25) is 18.6 Å². The number of methoxy groups -OCH3 is 1. The Kier molecular flexibility index (Phi) is 5.75. The van der Waals surface area contributed by atoms with E-state index in [9.17, 15) is 4.79 Å². The number of carbonyl (C=O) groups is 1. The van der Waals surface area contributed by atoms with E-state index < -0.39 is 5.25 Å². The van der Waals surface area contributed by atoms with E-state index in [4.69, 9.17) is 25.0 Å². The number of anilines is 1. The van der Waals surface area contributed by atoms with Gasteiger partial charge in [-0.3, -0.25) is 9.78 Å². The van der Waals surface area contributed by atoms with E-state index in [2.05, 4.69) is 20.3 Å². The Morgan fingerprint density at radius 3 is 2.95 bits per heavy atom. The minimum absolute atomic E-state index is 0.103. The average Bonchev–Trinajstić information content (AvgIpc) is 3.49. The molecule has 1 aromatic carbocycles. The lowest BCUT2D eigenvalue weighted by atomic mass is 10.1. The predicted octanol–water partition coefficient (Wildman–Crippen LogP) is 2.54. The molecule has 1 atom stereocenters. The summed E-state index contributed by atoms with van der Waals surface area (Å²) in [6.45, 7) is 4.91. The summed E-state index contributed by atoms with van der Waals surface area (Å²) >= 11 is 1.38. The maximum atomic E-state index is 13.1. The number of ether oxygens (including phenoxy) is 3. The lowest BCUT2D eigenvalue weighted by Crippen LogP contribution is -2.34. The number of amides is 1. The molecule has 4 aromatic rings. The summed E-state index contributed by atoms with van der Waals surface area (Å²) in [6, 6.07) is 5.63. The standard InChI is InChI=1S/C25H25N7O4S/c1-12-8-27-16(13(2)21(12)34-3)10-32-22-20-15(31-32)7-19(37-24(20)30-25(26)29-22)23(33)28-9-14-4-5-17-18(6-14)36-11-35-17/h4-6,8,19H,7,9-11H2,1-3H3,(H,28,33)(H2,26,29,30). The van der Waals surface area contributed by atoms with E-state index in [0.717, 1.165) is 39.2 Å². The second-order valence-corrected chi connectivity index (χ2v) is 10.1. The third kappa shape index (κ3) is 4.16. The number of fused-ring (bicyclic) bond motifs is 1. The minimum atomic E-state index is -0.401. The first-order chi connectivity index (χ1) is 17.9. The minimum Gasteiger partial charge on any atom is -0.496 e. The number of pyridine rings is 1. The molecule has 0 fully saturated rings. The fourth-order valence-electron chi connectivity index (χ4n) is 4.69. The molecule has 0 bridgehead atoms. The summed E-state index contributed by atoms with van der Waals surface area (Å²) in [4.78, 5) is 26.6. The molecule has 6 rings (SSSR count). The van der Waals surface area contributed by atoms with Gasteiger partial charge in [0.25, 0.3) is 0 Å². The van der Waals surface area contributed by atoms with Gasteiger partial charge in [-0.05, 0) is 31.5 Å². The number of thioether (sulfide) groups is 1. The average molecular weight is 520 g/mol. The zero-order chi connectivity index (χ0) is 25.7. The summed E-state index contributed by atoms with van der Waals surface area (Å²) in [5, 5.41) is 8.92. The number of nitrogens with zero attached hydrogens (tertiary/aromatic N) is 5. The van der Waals surface area contributed by atoms with Gasteiger partial charge in [-0.25, -0.2) is 9.67 Å². The van der Waals surface area contributed by atoms with Gasteiger partial charge in [0.1, 0.15) is 10.8 Å². The molecular weight excluding hydrogens is 494 g/mol. The third-order valence-corrected chi connectivity index (χ3v) is 7.71. The Morgan fingerprint density at radius 1 is 1.27 bits per heavy atom. The van der Waals surface area contributed by atoms with Crippen LogP contribution in [0.25, 0.3) is 11.0 Å². The summed E-state index contributed by atoms with van der Waals surface area (Å²) < 4.78 is 18.1. The van der Waals surface area contributed by atoms with Crippen molar-refractivity contribution in [2.75, 3.05) is 19.6 Å². The molecule has 37 heavy (non-hydrogen) atoms. The molecule has 0 saturated carbocycles. The van der Waals surface area contributed by atoms with Gasteiger partial charge in [0, 0.05) is 30.3 Å². The van der Waals surface area contributed by atoms with Gasteiger partial charge < -0.3 is 25.3 Å². The molecule has 0 saturated heterocycles. The highest BCUT2D eigenvalue weighted by molar-refractivity contribution is 8.00. The molecule has 0 aliphatic carbocycles. The molecule has 0 spiro atoms. The van der Waals surface area contributed by atoms with Gasteiger partial charge in [-0.2, -0.15) is 10.1 Å². The van der Waals surface area contributed by atoms with Crippen molar-refractivity contribution in [3.63, 3.8) is 0 Å². The second kappa shape index (κ2) is 9.11. The first-order valence-electron chi connectivity index (χ1n) is 11.8. The van der Waals surface area contributed by atoms with Crippen molar-refractivity contribution in [2.45, 2.75) is 43.6 Å². The summed E-state index contributed by atoms with van der Waals surface area (Å²) in [5.74, 6) is 2.23. The highest BCUT2D eigenvalue weighted by atomic mass is 32.2. The van der Waals surface area contributed by atoms with Crippen LogP contribution in [-0.2, 0) is 24.3 Å². The first kappa shape index (κ1) is 23.3. The Labute approximate surface area is 216 Å². The van der Waals surface area contributed by atoms with Crippen molar-refractivity contribution in [3.8, 4) is 17.2 Å². The van der Waals surface area contributed by atoms with Gasteiger partial charge in [-0.15, -0.1) is 0 Å². The molecule has 1 unspecified atom stereocenters. The van der Waals surface area contributed by atoms with E-state index >= 15 is 0 Å². The number of carbonyl (C=O) groups excluding carboxylic acids is 1. The van der Waals surface area contributed by atoms with E-state index in [1.807, 2.05) is 32.0 Å². The molecule has 5 heterocycles. The van der Waals surface area contributed by atoms with Crippen molar-refractivity contribution in [1.29, 1.82) is 0 Å². The highest BCUT2D eigenvalue weighted by Gasteiger charge is 2.32. The van der Waals surface area contributed by atoms with Crippen LogP contribution in [0, 0.1) is 13.8 Å². The molecule has 2 aliphatic rings. The summed E-state index contributed by atoms with van der Waals surface area (Å²) in [7, 11) is 1.65. The first-order valence-corrected chi connectivity index (χ1v) is 12.6. The normalized spacial score (nSPS) is 15.7. The number of rotatable bonds is 6. The quantitative estimate of drug-likeness (QED) is 0.365. The summed E-state index contributed by atoms with van der Waals surface area (Å²) in [6.07, 6.45) is 2.24. The van der Waals surface area contributed by atoms with Gasteiger partial charge >= 0.3 is 0 Å². The van der Waals surface area contributed by atoms with Gasteiger partial charge in [-0.1, -0.05) is 17.8 Å². The Morgan fingerprint density at radius 2 is 2.11 bits per heavy atom. The summed E-state index contributed by atoms with van der Waals surface area (Å²) in [5.41, 5.74) is 11.1. The van der Waals surface area contributed by atoms with E-state index in [-0.39, 0.29) is 18.6 Å². The zero-order valence-electron chi connectivity index (χ0n) is 20.6. The highest BCUT2D eigenvalue weighted by Crippen LogP contribution is 2.39.